The first kappa shape index (κ1) is 22.5. The van der Waals surface area contributed by atoms with E-state index in [4.69, 9.17) is 24.8 Å². The summed E-state index contributed by atoms with van der Waals surface area (Å²) in [5.74, 6) is 6.16. The molecule has 1 unspecified atom stereocenters. The molecule has 0 radical (unpaired) electrons. The molecule has 0 bridgehead atoms. The molecule has 1 aromatic carbocycles. The Morgan fingerprint density at radius 3 is 2.89 bits per heavy atom. The number of hydrogen-bond acceptors (Lipinski definition) is 7. The van der Waals surface area contributed by atoms with Crippen LogP contribution in [0.25, 0.3) is 38.6 Å². The molecule has 1 saturated heterocycles. The number of morpholine rings is 1. The quantitative estimate of drug-likeness (QED) is 0.202. The third kappa shape index (κ3) is 4.83. The highest BCUT2D eigenvalue weighted by Crippen LogP contribution is 2.33. The van der Waals surface area contributed by atoms with Crippen LogP contribution in [-0.4, -0.2) is 52.7 Å². The van der Waals surface area contributed by atoms with E-state index in [-0.39, 0.29) is 12.3 Å². The van der Waals surface area contributed by atoms with E-state index in [1.807, 2.05) is 30.5 Å². The van der Waals surface area contributed by atoms with Crippen LogP contribution in [0.2, 0.25) is 0 Å². The van der Waals surface area contributed by atoms with Crippen molar-refractivity contribution < 1.29 is 14.3 Å². The van der Waals surface area contributed by atoms with Gasteiger partial charge in [-0.2, -0.15) is 5.10 Å². The van der Waals surface area contributed by atoms with Crippen molar-refractivity contribution in [1.29, 1.82) is 0 Å². The monoisotopic (exact) mass is 469 g/mol. The van der Waals surface area contributed by atoms with Crippen LogP contribution in [0.3, 0.4) is 0 Å². The van der Waals surface area contributed by atoms with Crippen molar-refractivity contribution in [3.63, 3.8) is 0 Å². The molecule has 176 valence electrons. The number of aryl methyl sites for hydroxylation is 1. The molecule has 10 heteroatoms. The Morgan fingerprint density at radius 1 is 1.23 bits per heavy atom. The minimum absolute atomic E-state index is 0.0300. The highest BCUT2D eigenvalue weighted by molar-refractivity contribution is 5.88. The van der Waals surface area contributed by atoms with E-state index >= 15 is 0 Å². The number of hydrogen-bond donors (Lipinski definition) is 1. The minimum atomic E-state index is -1.17. The van der Waals surface area contributed by atoms with E-state index in [9.17, 15) is 5.11 Å². The van der Waals surface area contributed by atoms with Crippen molar-refractivity contribution in [3.05, 3.63) is 70.4 Å². The lowest BCUT2D eigenvalue weighted by Gasteiger charge is -2.29. The van der Waals surface area contributed by atoms with E-state index in [1.54, 1.807) is 10.7 Å². The Hall–Kier alpha value is -4.29. The number of aliphatic hydroxyl groups excluding tert-OH is 1. The van der Waals surface area contributed by atoms with Crippen molar-refractivity contribution in [1.82, 2.24) is 14.8 Å². The molecule has 3 aromatic heterocycles. The molecule has 0 amide bonds. The summed E-state index contributed by atoms with van der Waals surface area (Å²) in [6.07, 6.45) is 0.711. The van der Waals surface area contributed by atoms with Gasteiger partial charge in [0.2, 0.25) is 0 Å². The van der Waals surface area contributed by atoms with Gasteiger partial charge in [0.1, 0.15) is 11.3 Å². The number of aromatic nitrogens is 3. The predicted octanol–water partition coefficient (Wildman–Crippen LogP) is 4.17. The summed E-state index contributed by atoms with van der Waals surface area (Å²) in [5.41, 5.74) is 13.4. The second-order valence-corrected chi connectivity index (χ2v) is 8.09. The van der Waals surface area contributed by atoms with E-state index in [2.05, 4.69) is 45.8 Å². The van der Waals surface area contributed by atoms with E-state index in [0.29, 0.717) is 43.2 Å². The zero-order chi connectivity index (χ0) is 24.2. The summed E-state index contributed by atoms with van der Waals surface area (Å²) in [6.45, 7) is 4.65. The van der Waals surface area contributed by atoms with Crippen LogP contribution in [0, 0.1) is 18.8 Å². The highest BCUT2D eigenvalue weighted by Gasteiger charge is 2.22. The third-order valence-electron chi connectivity index (χ3n) is 5.68. The Bertz CT molecular complexity index is 1470. The van der Waals surface area contributed by atoms with Gasteiger partial charge >= 0.3 is 0 Å². The van der Waals surface area contributed by atoms with E-state index in [0.717, 1.165) is 16.9 Å². The van der Waals surface area contributed by atoms with Crippen molar-refractivity contribution >= 4 is 16.8 Å². The SMILES string of the molecule is Cc1cccc(-c2ccn(-c3cc(N4CCOCC4)c4oc(C(O)C#CCN=[N+]=[N-])cc4n3)n2)c1. The number of ether oxygens (including phenoxy) is 1. The van der Waals surface area contributed by atoms with Crippen LogP contribution in [0.1, 0.15) is 17.4 Å². The van der Waals surface area contributed by atoms with Gasteiger partial charge in [-0.3, -0.25) is 0 Å². The first-order valence-electron chi connectivity index (χ1n) is 11.2. The van der Waals surface area contributed by atoms with Gasteiger partial charge in [0.15, 0.2) is 17.5 Å². The van der Waals surface area contributed by atoms with Gasteiger partial charge in [-0.05, 0) is 24.6 Å². The Kier molecular flexibility index (Phi) is 6.37. The molecule has 0 spiro atoms. The smallest absolute Gasteiger partial charge is 0.176 e. The van der Waals surface area contributed by atoms with Crippen molar-refractivity contribution in [3.8, 4) is 28.9 Å². The molecular formula is C25H23N7O3. The molecule has 1 N–H and O–H groups in total. The standard InChI is InChI=1S/C25H23N7O3/c1-17-4-2-5-18(14-17)19-7-9-32(29-19)24-16-21(31-10-12-34-13-11-31)25-20(28-24)15-23(35-25)22(33)6-3-8-27-30-26/h2,4-5,7,9,14-16,22,33H,8,10-13H2,1H3. The second kappa shape index (κ2) is 9.91. The molecule has 0 saturated carbocycles. The number of pyridine rings is 1. The molecule has 4 aromatic rings. The number of anilines is 1. The van der Waals surface area contributed by atoms with Crippen molar-refractivity contribution in [2.24, 2.45) is 5.11 Å². The van der Waals surface area contributed by atoms with Gasteiger partial charge in [-0.1, -0.05) is 40.7 Å². The molecule has 1 atom stereocenters. The number of aliphatic hydroxyl groups is 1. The minimum Gasteiger partial charge on any atom is -0.453 e. The van der Waals surface area contributed by atoms with Crippen LogP contribution in [0.4, 0.5) is 5.69 Å². The Balaban J connectivity index is 1.55. The summed E-state index contributed by atoms with van der Waals surface area (Å²) in [7, 11) is 0. The summed E-state index contributed by atoms with van der Waals surface area (Å²) in [5, 5.41) is 18.6. The summed E-state index contributed by atoms with van der Waals surface area (Å²) < 4.78 is 13.3. The molecular weight excluding hydrogens is 446 g/mol. The predicted molar refractivity (Wildman–Crippen MR) is 131 cm³/mol. The van der Waals surface area contributed by atoms with Crippen molar-refractivity contribution in [2.75, 3.05) is 37.7 Å². The Labute approximate surface area is 201 Å². The molecule has 10 nitrogen and oxygen atoms in total. The van der Waals surface area contributed by atoms with Gasteiger partial charge < -0.3 is 19.2 Å². The summed E-state index contributed by atoms with van der Waals surface area (Å²) in [6, 6.07) is 13.8. The fraction of sp³-hybridized carbons (Fsp3) is 0.280. The first-order valence-corrected chi connectivity index (χ1v) is 11.2. The van der Waals surface area contributed by atoms with Crippen LogP contribution >= 0.6 is 0 Å². The number of fused-ring (bicyclic) bond motifs is 1. The first-order chi connectivity index (χ1) is 17.1. The van der Waals surface area contributed by atoms with Gasteiger partial charge in [-0.15, -0.1) is 0 Å². The fourth-order valence-electron chi connectivity index (χ4n) is 3.99. The topological polar surface area (TPSA) is 125 Å². The van der Waals surface area contributed by atoms with Gasteiger partial charge in [0, 0.05) is 41.9 Å². The number of benzene rings is 1. The van der Waals surface area contributed by atoms with Gasteiger partial charge in [0.05, 0.1) is 31.1 Å². The maximum Gasteiger partial charge on any atom is 0.176 e. The maximum absolute atomic E-state index is 10.5. The zero-order valence-electron chi connectivity index (χ0n) is 19.1. The lowest BCUT2D eigenvalue weighted by atomic mass is 10.1. The average Bonchev–Trinajstić information content (AvgIpc) is 3.54. The normalized spacial score (nSPS) is 14.3. The van der Waals surface area contributed by atoms with Crippen LogP contribution in [-0.2, 0) is 4.74 Å². The fourth-order valence-corrected chi connectivity index (χ4v) is 3.99. The molecule has 5 rings (SSSR count). The largest absolute Gasteiger partial charge is 0.453 e. The maximum atomic E-state index is 10.5. The lowest BCUT2D eigenvalue weighted by molar-refractivity contribution is 0.122. The molecule has 4 heterocycles. The molecule has 1 aliphatic rings. The molecule has 1 aliphatic heterocycles. The van der Waals surface area contributed by atoms with E-state index in [1.165, 1.54) is 5.56 Å². The molecule has 0 aliphatic carbocycles. The van der Waals surface area contributed by atoms with Crippen molar-refractivity contribution in [2.45, 2.75) is 13.0 Å². The zero-order valence-corrected chi connectivity index (χ0v) is 19.1. The number of nitrogens with zero attached hydrogens (tertiary/aromatic N) is 7. The van der Waals surface area contributed by atoms with Crippen LogP contribution < -0.4 is 4.90 Å². The van der Waals surface area contributed by atoms with Gasteiger partial charge in [0.25, 0.3) is 0 Å². The van der Waals surface area contributed by atoms with Crippen LogP contribution in [0.15, 0.2) is 58.2 Å². The lowest BCUT2D eigenvalue weighted by Crippen LogP contribution is -2.36. The third-order valence-corrected chi connectivity index (χ3v) is 5.68. The number of rotatable bonds is 5. The number of azide groups is 1. The second-order valence-electron chi connectivity index (χ2n) is 8.09. The van der Waals surface area contributed by atoms with Crippen LogP contribution in [0.5, 0.6) is 0 Å². The Morgan fingerprint density at radius 2 is 2.09 bits per heavy atom. The van der Waals surface area contributed by atoms with E-state index < -0.39 is 6.10 Å². The number of furan rings is 1. The average molecular weight is 470 g/mol. The van der Waals surface area contributed by atoms with Gasteiger partial charge in [-0.25, -0.2) is 9.67 Å². The molecule has 1 fully saturated rings. The summed E-state index contributed by atoms with van der Waals surface area (Å²) >= 11 is 0. The molecule has 35 heavy (non-hydrogen) atoms. The highest BCUT2D eigenvalue weighted by atomic mass is 16.5. The summed E-state index contributed by atoms with van der Waals surface area (Å²) in [4.78, 5) is 9.59.